The second kappa shape index (κ2) is 7.69. The van der Waals surface area contributed by atoms with Gasteiger partial charge in [-0.1, -0.05) is 70.7 Å². The molecule has 1 radical (unpaired) electrons. The van der Waals surface area contributed by atoms with E-state index < -0.39 is 0 Å². The summed E-state index contributed by atoms with van der Waals surface area (Å²) in [6.07, 6.45) is 1.03. The minimum atomic E-state index is 0. The molecule has 1 aliphatic rings. The molecule has 2 aromatic rings. The van der Waals surface area contributed by atoms with Crippen LogP contribution in [0.2, 0.25) is 0 Å². The van der Waals surface area contributed by atoms with Crippen LogP contribution >= 0.6 is 0 Å². The molecule has 24 heavy (non-hydrogen) atoms. The topological polar surface area (TPSA) is 0 Å². The molecule has 0 atom stereocenters. The maximum absolute atomic E-state index is 3.55. The molecule has 1 aliphatic carbocycles. The second-order valence-corrected chi connectivity index (χ2v) is 8.29. The Hall–Kier alpha value is -0.677. The summed E-state index contributed by atoms with van der Waals surface area (Å²) in [4.78, 5) is 0. The summed E-state index contributed by atoms with van der Waals surface area (Å²) in [7, 11) is 0. The van der Waals surface area contributed by atoms with Gasteiger partial charge in [0, 0.05) is 0 Å². The molecule has 0 heterocycles. The van der Waals surface area contributed by atoms with Crippen molar-refractivity contribution in [2.75, 3.05) is 0 Å². The van der Waals surface area contributed by atoms with Gasteiger partial charge in [-0.2, -0.15) is 29.3 Å². The molecule has 0 amide bonds. The zero-order valence-electron chi connectivity index (χ0n) is 16.6. The molecule has 3 rings (SSSR count). The van der Waals surface area contributed by atoms with Gasteiger partial charge in [0.25, 0.3) is 0 Å². The van der Waals surface area contributed by atoms with Gasteiger partial charge in [-0.3, -0.25) is 0 Å². The number of rotatable bonds is 0. The van der Waals surface area contributed by atoms with Crippen LogP contribution < -0.4 is 0 Å². The fourth-order valence-corrected chi connectivity index (χ4v) is 3.26. The van der Waals surface area contributed by atoms with Crippen molar-refractivity contribution in [2.45, 2.75) is 58.8 Å². The summed E-state index contributed by atoms with van der Waals surface area (Å²) >= 11 is 0. The third-order valence-electron chi connectivity index (χ3n) is 4.52. The Bertz CT molecular complexity index is 697. The number of fused-ring (bicyclic) bond motifs is 3. The first-order valence-corrected chi connectivity index (χ1v) is 7.86. The Morgan fingerprint density at radius 1 is 0.875 bits per heavy atom. The Balaban J connectivity index is 0.00000176. The van der Waals surface area contributed by atoms with Crippen LogP contribution in [0.25, 0.3) is 11.1 Å². The van der Waals surface area contributed by atoms with E-state index in [0.717, 1.165) is 6.42 Å². The smallest absolute Gasteiger partial charge is 0.358 e. The molecule has 0 fully saturated rings. The Kier molecular flexibility index (Phi) is 7.48. The first kappa shape index (κ1) is 23.3. The van der Waals surface area contributed by atoms with Gasteiger partial charge in [0.05, 0.1) is 0 Å². The van der Waals surface area contributed by atoms with Crippen LogP contribution in [0, 0.1) is 20.9 Å². The molecular weight excluding hydrogens is 367 g/mol. The van der Waals surface area contributed by atoms with Crippen LogP contribution in [0.1, 0.15) is 63.8 Å². The van der Waals surface area contributed by atoms with E-state index in [9.17, 15) is 0 Å². The predicted molar refractivity (Wildman–Crippen MR) is 104 cm³/mol. The molecule has 0 aromatic heterocycles. The van der Waals surface area contributed by atoms with Crippen LogP contribution in [0.5, 0.6) is 0 Å². The van der Waals surface area contributed by atoms with E-state index in [0.29, 0.717) is 0 Å². The van der Waals surface area contributed by atoms with Gasteiger partial charge in [0.15, 0.2) is 0 Å². The van der Waals surface area contributed by atoms with E-state index in [1.807, 2.05) is 0 Å². The summed E-state index contributed by atoms with van der Waals surface area (Å²) in [6.45, 7) is 13.7. The quantitative estimate of drug-likeness (QED) is 0.377. The molecule has 0 spiro atoms. The van der Waals surface area contributed by atoms with Crippen molar-refractivity contribution in [1.82, 2.24) is 0 Å². The largest absolute Gasteiger partial charge is 3.00 e. The molecule has 0 saturated heterocycles. The van der Waals surface area contributed by atoms with E-state index >= 15 is 0 Å². The van der Waals surface area contributed by atoms with Gasteiger partial charge in [0.2, 0.25) is 0 Å². The summed E-state index contributed by atoms with van der Waals surface area (Å²) in [5.41, 5.74) is 8.88. The molecule has 0 aliphatic heterocycles. The maximum Gasteiger partial charge on any atom is 3.00 e. The van der Waals surface area contributed by atoms with Crippen LogP contribution in [0.4, 0.5) is 0 Å². The molecule has 127 valence electrons. The van der Waals surface area contributed by atoms with Crippen LogP contribution in [0.15, 0.2) is 30.3 Å². The zero-order chi connectivity index (χ0) is 15.4. The van der Waals surface area contributed by atoms with Gasteiger partial charge in [-0.15, -0.1) is 5.56 Å². The normalized spacial score (nSPS) is 12.2. The van der Waals surface area contributed by atoms with Crippen molar-refractivity contribution >= 4 is 0 Å². The van der Waals surface area contributed by atoms with E-state index in [1.165, 1.54) is 33.4 Å². The third-order valence-corrected chi connectivity index (χ3v) is 4.52. The average Bonchev–Trinajstić information content (AvgIpc) is 2.73. The van der Waals surface area contributed by atoms with Crippen molar-refractivity contribution in [3.05, 3.63) is 73.5 Å². The SMILES string of the molecule is CC(C)(C)c1c[c-]c2c(c1)-c1cccc(C(C)(C)C)c1C2.[CH3-].[CH3-].[Zr+3]. The standard InChI is InChI=1S/C21H25.2CH3.Zr/c1-20(2,3)15-11-10-14-12-18-16(17(14)13-15)8-7-9-19(18)21(4,5)6;;;/h7-9,11,13H,12H2,1-6H3;2*1H3;/q3*-1;+3. The van der Waals surface area contributed by atoms with Crippen molar-refractivity contribution in [1.29, 1.82) is 0 Å². The van der Waals surface area contributed by atoms with E-state index in [-0.39, 0.29) is 51.9 Å². The van der Waals surface area contributed by atoms with Crippen molar-refractivity contribution in [3.63, 3.8) is 0 Å². The van der Waals surface area contributed by atoms with Gasteiger partial charge < -0.3 is 14.9 Å². The average molecular weight is 399 g/mol. The van der Waals surface area contributed by atoms with Crippen LogP contribution in [-0.4, -0.2) is 0 Å². The van der Waals surface area contributed by atoms with Crippen LogP contribution in [0.3, 0.4) is 0 Å². The molecule has 0 saturated carbocycles. The molecular formula is C23H31Zr. The number of hydrogen-bond acceptors (Lipinski definition) is 0. The Morgan fingerprint density at radius 3 is 2.04 bits per heavy atom. The third kappa shape index (κ3) is 4.10. The monoisotopic (exact) mass is 397 g/mol. The first-order valence-electron chi connectivity index (χ1n) is 7.86. The Morgan fingerprint density at radius 2 is 1.50 bits per heavy atom. The van der Waals surface area contributed by atoms with Gasteiger partial charge in [-0.05, 0) is 23.0 Å². The van der Waals surface area contributed by atoms with Crippen molar-refractivity contribution in [3.8, 4) is 11.1 Å². The summed E-state index contributed by atoms with van der Waals surface area (Å²) in [5, 5.41) is 0. The fraction of sp³-hybridized carbons (Fsp3) is 0.391. The van der Waals surface area contributed by atoms with E-state index in [2.05, 4.69) is 77.9 Å². The molecule has 2 aromatic carbocycles. The van der Waals surface area contributed by atoms with Gasteiger partial charge in [0.1, 0.15) is 0 Å². The molecule has 1 heteroatoms. The Labute approximate surface area is 169 Å². The minimum absolute atomic E-state index is 0. The van der Waals surface area contributed by atoms with Gasteiger partial charge >= 0.3 is 26.2 Å². The van der Waals surface area contributed by atoms with Crippen molar-refractivity contribution in [2.24, 2.45) is 0 Å². The second-order valence-electron chi connectivity index (χ2n) is 8.29. The predicted octanol–water partition coefficient (Wildman–Crippen LogP) is 6.55. The van der Waals surface area contributed by atoms with Crippen molar-refractivity contribution < 1.29 is 26.2 Å². The maximum atomic E-state index is 3.55. The summed E-state index contributed by atoms with van der Waals surface area (Å²) in [6, 6.07) is 14.9. The van der Waals surface area contributed by atoms with Crippen LogP contribution in [-0.2, 0) is 43.5 Å². The molecule has 0 bridgehead atoms. The fourth-order valence-electron chi connectivity index (χ4n) is 3.26. The van der Waals surface area contributed by atoms with Gasteiger partial charge in [-0.25, -0.2) is 0 Å². The number of benzene rings is 2. The van der Waals surface area contributed by atoms with E-state index in [1.54, 1.807) is 0 Å². The number of hydrogen-bond donors (Lipinski definition) is 0. The first-order chi connectivity index (χ1) is 9.68. The summed E-state index contributed by atoms with van der Waals surface area (Å²) in [5.74, 6) is 0. The minimum Gasteiger partial charge on any atom is -0.358 e. The molecule has 0 unspecified atom stereocenters. The van der Waals surface area contributed by atoms with E-state index in [4.69, 9.17) is 0 Å². The molecule has 0 nitrogen and oxygen atoms in total. The molecule has 0 N–H and O–H groups in total. The zero-order valence-corrected chi connectivity index (χ0v) is 19.1. The summed E-state index contributed by atoms with van der Waals surface area (Å²) < 4.78 is 0.